The third-order valence-corrected chi connectivity index (χ3v) is 5.27. The topological polar surface area (TPSA) is 136 Å². The summed E-state index contributed by atoms with van der Waals surface area (Å²) in [6.07, 6.45) is 1.81. The monoisotopic (exact) mass is 385 g/mol. The molecule has 142 valence electrons. The van der Waals surface area contributed by atoms with Gasteiger partial charge in [-0.1, -0.05) is 0 Å². The molecule has 10 nitrogen and oxygen atoms in total. The molecule has 0 aliphatic carbocycles. The molecule has 0 radical (unpaired) electrons. The Bertz CT molecular complexity index is 784. The van der Waals surface area contributed by atoms with E-state index in [0.717, 1.165) is 6.26 Å². The van der Waals surface area contributed by atoms with Crippen molar-refractivity contribution in [2.24, 2.45) is 5.92 Å². The zero-order chi connectivity index (χ0) is 19.3. The van der Waals surface area contributed by atoms with Gasteiger partial charge in [0.25, 0.3) is 11.6 Å². The fraction of sp³-hybridized carbons (Fsp3) is 0.467. The number of anilines is 1. The van der Waals surface area contributed by atoms with Crippen molar-refractivity contribution in [1.82, 2.24) is 4.31 Å². The van der Waals surface area contributed by atoms with Crippen LogP contribution in [0, 0.1) is 16.0 Å². The minimum atomic E-state index is -3.27. The number of carbonyl (C=O) groups is 2. The number of nitrogens with zero attached hydrogens (tertiary/aromatic N) is 2. The van der Waals surface area contributed by atoms with Crippen molar-refractivity contribution in [3.05, 3.63) is 34.4 Å². The molecule has 0 bridgehead atoms. The van der Waals surface area contributed by atoms with E-state index in [1.54, 1.807) is 0 Å². The number of carbonyl (C=O) groups excluding carboxylic acids is 2. The van der Waals surface area contributed by atoms with E-state index in [1.165, 1.54) is 28.6 Å². The number of hydrogen-bond donors (Lipinski definition) is 1. The Morgan fingerprint density at radius 3 is 2.35 bits per heavy atom. The number of esters is 1. The summed E-state index contributed by atoms with van der Waals surface area (Å²) in [6, 6.07) is 5.24. The highest BCUT2D eigenvalue weighted by molar-refractivity contribution is 7.88. The van der Waals surface area contributed by atoms with Crippen molar-refractivity contribution in [3.8, 4) is 0 Å². The van der Waals surface area contributed by atoms with E-state index in [4.69, 9.17) is 4.74 Å². The summed E-state index contributed by atoms with van der Waals surface area (Å²) in [5.74, 6) is -1.56. The van der Waals surface area contributed by atoms with Gasteiger partial charge in [0.2, 0.25) is 10.0 Å². The van der Waals surface area contributed by atoms with E-state index in [0.29, 0.717) is 18.5 Å². The van der Waals surface area contributed by atoms with Gasteiger partial charge in [-0.15, -0.1) is 0 Å². The SMILES string of the molecule is CS(=O)(=O)N1CCC(C(=O)OCC(=O)Nc2ccc([N+](=O)[O-])cc2)CC1. The maximum absolute atomic E-state index is 12.0. The maximum atomic E-state index is 12.0. The lowest BCUT2D eigenvalue weighted by atomic mass is 9.98. The molecule has 11 heteroatoms. The minimum Gasteiger partial charge on any atom is -0.455 e. The first kappa shape index (κ1) is 19.8. The summed E-state index contributed by atoms with van der Waals surface area (Å²) in [5.41, 5.74) is 0.243. The second-order valence-electron chi connectivity index (χ2n) is 5.90. The van der Waals surface area contributed by atoms with E-state index in [1.807, 2.05) is 0 Å². The van der Waals surface area contributed by atoms with Crippen LogP contribution in [0.1, 0.15) is 12.8 Å². The lowest BCUT2D eigenvalue weighted by Gasteiger charge is -2.28. The highest BCUT2D eigenvalue weighted by Crippen LogP contribution is 2.20. The van der Waals surface area contributed by atoms with Crippen LogP contribution in [0.3, 0.4) is 0 Å². The summed E-state index contributed by atoms with van der Waals surface area (Å²) >= 11 is 0. The van der Waals surface area contributed by atoms with Gasteiger partial charge in [-0.3, -0.25) is 19.7 Å². The molecule has 26 heavy (non-hydrogen) atoms. The van der Waals surface area contributed by atoms with E-state index in [9.17, 15) is 28.1 Å². The fourth-order valence-electron chi connectivity index (χ4n) is 2.54. The molecule has 0 unspecified atom stereocenters. The van der Waals surface area contributed by atoms with Gasteiger partial charge >= 0.3 is 5.97 Å². The molecule has 1 aliphatic heterocycles. The summed E-state index contributed by atoms with van der Waals surface area (Å²) in [6.45, 7) is 0.00327. The van der Waals surface area contributed by atoms with Crippen LogP contribution in [0.5, 0.6) is 0 Å². The van der Waals surface area contributed by atoms with E-state index < -0.39 is 39.3 Å². The van der Waals surface area contributed by atoms with Gasteiger partial charge < -0.3 is 10.1 Å². The third-order valence-electron chi connectivity index (χ3n) is 3.96. The standard InChI is InChI=1S/C15H19N3O7S/c1-26(23,24)17-8-6-11(7-9-17)15(20)25-10-14(19)16-12-2-4-13(5-3-12)18(21)22/h2-5,11H,6-10H2,1H3,(H,16,19). The van der Waals surface area contributed by atoms with Crippen LogP contribution < -0.4 is 5.32 Å². The van der Waals surface area contributed by atoms with Crippen molar-refractivity contribution >= 4 is 33.3 Å². The summed E-state index contributed by atoms with van der Waals surface area (Å²) in [7, 11) is -3.27. The number of amides is 1. The number of rotatable bonds is 6. The maximum Gasteiger partial charge on any atom is 0.309 e. The van der Waals surface area contributed by atoms with Crippen LogP contribution in [0.25, 0.3) is 0 Å². The van der Waals surface area contributed by atoms with Crippen LogP contribution >= 0.6 is 0 Å². The molecule has 0 atom stereocenters. The largest absolute Gasteiger partial charge is 0.455 e. The molecule has 0 aromatic heterocycles. The zero-order valence-electron chi connectivity index (χ0n) is 14.1. The van der Waals surface area contributed by atoms with Gasteiger partial charge in [0.15, 0.2) is 6.61 Å². The second kappa shape index (κ2) is 8.23. The molecular formula is C15H19N3O7S. The second-order valence-corrected chi connectivity index (χ2v) is 7.88. The molecule has 1 saturated heterocycles. The van der Waals surface area contributed by atoms with Crippen molar-refractivity contribution in [3.63, 3.8) is 0 Å². The van der Waals surface area contributed by atoms with Crippen LogP contribution in [-0.2, 0) is 24.3 Å². The molecule has 1 N–H and O–H groups in total. The molecule has 2 rings (SSSR count). The number of nitro groups is 1. The number of non-ortho nitro benzene ring substituents is 1. The number of piperidine rings is 1. The average Bonchev–Trinajstić information content (AvgIpc) is 2.59. The van der Waals surface area contributed by atoms with Gasteiger partial charge in [-0.2, -0.15) is 0 Å². The lowest BCUT2D eigenvalue weighted by molar-refractivity contribution is -0.384. The Morgan fingerprint density at radius 2 is 1.85 bits per heavy atom. The molecule has 1 aliphatic rings. The van der Waals surface area contributed by atoms with Crippen LogP contribution in [0.2, 0.25) is 0 Å². The predicted molar refractivity (Wildman–Crippen MR) is 91.8 cm³/mol. The summed E-state index contributed by atoms with van der Waals surface area (Å²) in [4.78, 5) is 33.8. The van der Waals surface area contributed by atoms with Crippen molar-refractivity contribution in [2.75, 3.05) is 31.3 Å². The van der Waals surface area contributed by atoms with Crippen LogP contribution in [0.15, 0.2) is 24.3 Å². The zero-order valence-corrected chi connectivity index (χ0v) is 14.9. The third kappa shape index (κ3) is 5.49. The number of ether oxygens (including phenoxy) is 1. The average molecular weight is 385 g/mol. The van der Waals surface area contributed by atoms with Crippen molar-refractivity contribution in [2.45, 2.75) is 12.8 Å². The van der Waals surface area contributed by atoms with Crippen molar-refractivity contribution < 1.29 is 27.7 Å². The summed E-state index contributed by atoms with van der Waals surface area (Å²) < 4.78 is 29.1. The normalized spacial score (nSPS) is 16.0. The quantitative estimate of drug-likeness (QED) is 0.433. The van der Waals surface area contributed by atoms with Gasteiger partial charge in [0, 0.05) is 30.9 Å². The highest BCUT2D eigenvalue weighted by atomic mass is 32.2. The molecule has 1 aromatic carbocycles. The predicted octanol–water partition coefficient (Wildman–Crippen LogP) is 0.748. The van der Waals surface area contributed by atoms with E-state index in [-0.39, 0.29) is 18.8 Å². The first-order valence-corrected chi connectivity index (χ1v) is 9.67. The molecule has 1 fully saturated rings. The van der Waals surface area contributed by atoms with Gasteiger partial charge in [0.05, 0.1) is 17.1 Å². The van der Waals surface area contributed by atoms with E-state index >= 15 is 0 Å². The van der Waals surface area contributed by atoms with Crippen molar-refractivity contribution in [1.29, 1.82) is 0 Å². The Labute approximate surface area is 150 Å². The minimum absolute atomic E-state index is 0.102. The highest BCUT2D eigenvalue weighted by Gasteiger charge is 2.30. The summed E-state index contributed by atoms with van der Waals surface area (Å²) in [5, 5.41) is 13.0. The number of nitrogens with one attached hydrogen (secondary N) is 1. The first-order valence-electron chi connectivity index (χ1n) is 7.83. The number of sulfonamides is 1. The first-order chi connectivity index (χ1) is 12.2. The Morgan fingerprint density at radius 1 is 1.27 bits per heavy atom. The van der Waals surface area contributed by atoms with Crippen LogP contribution in [0.4, 0.5) is 11.4 Å². The molecule has 1 aromatic rings. The fourth-order valence-corrected chi connectivity index (χ4v) is 3.42. The Balaban J connectivity index is 1.77. The lowest BCUT2D eigenvalue weighted by Crippen LogP contribution is -2.40. The number of hydrogen-bond acceptors (Lipinski definition) is 7. The molecule has 1 amide bonds. The van der Waals surface area contributed by atoms with E-state index in [2.05, 4.69) is 5.32 Å². The molecule has 1 heterocycles. The smallest absolute Gasteiger partial charge is 0.309 e. The Kier molecular flexibility index (Phi) is 6.27. The molecular weight excluding hydrogens is 366 g/mol. The molecule has 0 spiro atoms. The Hall–Kier alpha value is -2.53. The number of nitro benzene ring substituents is 1. The molecule has 0 saturated carbocycles. The van der Waals surface area contributed by atoms with Gasteiger partial charge in [0.1, 0.15) is 0 Å². The number of benzene rings is 1. The van der Waals surface area contributed by atoms with Gasteiger partial charge in [-0.05, 0) is 25.0 Å². The van der Waals surface area contributed by atoms with Gasteiger partial charge in [-0.25, -0.2) is 12.7 Å². The van der Waals surface area contributed by atoms with Crippen LogP contribution in [-0.4, -0.2) is 55.5 Å².